The summed E-state index contributed by atoms with van der Waals surface area (Å²) in [6.07, 6.45) is 0.0863. The van der Waals surface area contributed by atoms with Crippen LogP contribution in [0.5, 0.6) is 5.75 Å². The minimum Gasteiger partial charge on any atom is -0.507 e. The molecule has 0 bridgehead atoms. The van der Waals surface area contributed by atoms with E-state index in [1.54, 1.807) is 0 Å². The second-order valence-corrected chi connectivity index (χ2v) is 2.51. The summed E-state index contributed by atoms with van der Waals surface area (Å²) in [5.41, 5.74) is 0.0176. The molecule has 2 N–H and O–H groups in total. The number of rotatable bonds is 3. The van der Waals surface area contributed by atoms with Crippen molar-refractivity contribution in [3.63, 3.8) is 0 Å². The number of hydrogen-bond acceptors (Lipinski definition) is 4. The number of nitrogens with zero attached hydrogens (tertiary/aromatic N) is 1. The van der Waals surface area contributed by atoms with Gasteiger partial charge in [0.2, 0.25) is 0 Å². The van der Waals surface area contributed by atoms with Gasteiger partial charge in [0.1, 0.15) is 5.75 Å². The average molecular weight is 183 g/mol. The second kappa shape index (κ2) is 3.86. The summed E-state index contributed by atoms with van der Waals surface area (Å²) in [5, 5.41) is 28.3. The molecule has 0 aliphatic heterocycles. The van der Waals surface area contributed by atoms with Crippen molar-refractivity contribution in [2.75, 3.05) is 6.61 Å². The maximum absolute atomic E-state index is 10.5. The summed E-state index contributed by atoms with van der Waals surface area (Å²) in [6.45, 7) is -0.224. The standard InChI is InChI=1S/C8H9NO4/c10-5-4-6-7(9(12)13)2-1-3-8(6)11/h1-3,10-11H,4-5H2. The Bertz CT molecular complexity index is 324. The fraction of sp³-hybridized carbons (Fsp3) is 0.250. The van der Waals surface area contributed by atoms with E-state index in [0.29, 0.717) is 0 Å². The third kappa shape index (κ3) is 1.94. The quantitative estimate of drug-likeness (QED) is 0.537. The van der Waals surface area contributed by atoms with Gasteiger partial charge in [-0.2, -0.15) is 0 Å². The molecular formula is C8H9NO4. The lowest BCUT2D eigenvalue weighted by Gasteiger charge is -2.02. The lowest BCUT2D eigenvalue weighted by Crippen LogP contribution is -1.98. The van der Waals surface area contributed by atoms with E-state index >= 15 is 0 Å². The zero-order valence-electron chi connectivity index (χ0n) is 6.80. The van der Waals surface area contributed by atoms with E-state index in [1.165, 1.54) is 18.2 Å². The monoisotopic (exact) mass is 183 g/mol. The lowest BCUT2D eigenvalue weighted by molar-refractivity contribution is -0.385. The second-order valence-electron chi connectivity index (χ2n) is 2.51. The molecular weight excluding hydrogens is 174 g/mol. The number of hydrogen-bond donors (Lipinski definition) is 2. The van der Waals surface area contributed by atoms with Crippen LogP contribution in [-0.4, -0.2) is 21.7 Å². The topological polar surface area (TPSA) is 83.6 Å². The van der Waals surface area contributed by atoms with Crippen molar-refractivity contribution >= 4 is 5.69 Å². The van der Waals surface area contributed by atoms with Crippen molar-refractivity contribution in [1.29, 1.82) is 0 Å². The van der Waals surface area contributed by atoms with E-state index in [1.807, 2.05) is 0 Å². The Hall–Kier alpha value is -1.62. The van der Waals surface area contributed by atoms with Crippen molar-refractivity contribution in [1.82, 2.24) is 0 Å². The van der Waals surface area contributed by atoms with Gasteiger partial charge >= 0.3 is 0 Å². The van der Waals surface area contributed by atoms with Gasteiger partial charge in [0.15, 0.2) is 0 Å². The lowest BCUT2D eigenvalue weighted by atomic mass is 10.1. The molecule has 0 saturated carbocycles. The van der Waals surface area contributed by atoms with Crippen LogP contribution >= 0.6 is 0 Å². The maximum Gasteiger partial charge on any atom is 0.276 e. The number of benzene rings is 1. The van der Waals surface area contributed by atoms with Gasteiger partial charge in [-0.25, -0.2) is 0 Å². The molecule has 1 aromatic rings. The van der Waals surface area contributed by atoms with E-state index in [2.05, 4.69) is 0 Å². The molecule has 0 aliphatic rings. The Morgan fingerprint density at radius 3 is 2.69 bits per heavy atom. The minimum atomic E-state index is -0.579. The number of aliphatic hydroxyl groups excluding tert-OH is 1. The molecule has 5 nitrogen and oxygen atoms in total. The molecule has 0 spiro atoms. The minimum absolute atomic E-state index is 0.0863. The van der Waals surface area contributed by atoms with Gasteiger partial charge in [0, 0.05) is 19.1 Å². The predicted molar refractivity (Wildman–Crippen MR) is 45.6 cm³/mol. The molecule has 0 fully saturated rings. The molecule has 13 heavy (non-hydrogen) atoms. The number of aromatic hydroxyl groups is 1. The van der Waals surface area contributed by atoms with Gasteiger partial charge < -0.3 is 10.2 Å². The molecule has 0 saturated heterocycles. The molecule has 1 aromatic carbocycles. The zero-order valence-corrected chi connectivity index (χ0v) is 6.80. The van der Waals surface area contributed by atoms with Crippen LogP contribution in [0.25, 0.3) is 0 Å². The van der Waals surface area contributed by atoms with Crippen LogP contribution in [0.1, 0.15) is 5.56 Å². The molecule has 0 amide bonds. The fourth-order valence-electron chi connectivity index (χ4n) is 1.10. The highest BCUT2D eigenvalue weighted by molar-refractivity contribution is 5.48. The Morgan fingerprint density at radius 1 is 1.46 bits per heavy atom. The van der Waals surface area contributed by atoms with Crippen molar-refractivity contribution in [3.8, 4) is 5.75 Å². The number of phenols is 1. The summed E-state index contributed by atoms with van der Waals surface area (Å²) >= 11 is 0. The van der Waals surface area contributed by atoms with E-state index in [-0.39, 0.29) is 30.0 Å². The Labute approximate surface area is 74.4 Å². The van der Waals surface area contributed by atoms with Gasteiger partial charge in [-0.15, -0.1) is 0 Å². The average Bonchev–Trinajstić information content (AvgIpc) is 2.08. The summed E-state index contributed by atoms with van der Waals surface area (Å²) in [4.78, 5) is 9.88. The van der Waals surface area contributed by atoms with Gasteiger partial charge in [-0.3, -0.25) is 10.1 Å². The van der Waals surface area contributed by atoms with Crippen LogP contribution in [0, 0.1) is 10.1 Å². The van der Waals surface area contributed by atoms with Crippen LogP contribution in [0.2, 0.25) is 0 Å². The molecule has 0 aliphatic carbocycles. The van der Waals surface area contributed by atoms with E-state index in [4.69, 9.17) is 5.11 Å². The highest BCUT2D eigenvalue weighted by atomic mass is 16.6. The molecule has 5 heteroatoms. The highest BCUT2D eigenvalue weighted by Gasteiger charge is 2.15. The summed E-state index contributed by atoms with van der Waals surface area (Å²) in [5.74, 6) is -0.150. The number of aliphatic hydroxyl groups is 1. The van der Waals surface area contributed by atoms with Gasteiger partial charge in [-0.1, -0.05) is 6.07 Å². The van der Waals surface area contributed by atoms with Gasteiger partial charge in [0.05, 0.1) is 10.5 Å². The normalized spacial score (nSPS) is 9.92. The maximum atomic E-state index is 10.5. The third-order valence-electron chi connectivity index (χ3n) is 1.69. The van der Waals surface area contributed by atoms with Crippen molar-refractivity contribution in [2.24, 2.45) is 0 Å². The van der Waals surface area contributed by atoms with Gasteiger partial charge in [0.25, 0.3) is 5.69 Å². The van der Waals surface area contributed by atoms with Crippen LogP contribution < -0.4 is 0 Å². The van der Waals surface area contributed by atoms with Crippen LogP contribution in [-0.2, 0) is 6.42 Å². The first-order chi connectivity index (χ1) is 6.16. The number of nitro benzene ring substituents is 1. The third-order valence-corrected chi connectivity index (χ3v) is 1.69. The SMILES string of the molecule is O=[N+]([O-])c1cccc(O)c1CCO. The Morgan fingerprint density at radius 2 is 2.15 bits per heavy atom. The predicted octanol–water partition coefficient (Wildman–Crippen LogP) is 0.835. The largest absolute Gasteiger partial charge is 0.507 e. The van der Waals surface area contributed by atoms with E-state index in [9.17, 15) is 15.2 Å². The molecule has 0 atom stereocenters. The summed E-state index contributed by atoms with van der Waals surface area (Å²) < 4.78 is 0. The molecule has 1 rings (SSSR count). The summed E-state index contributed by atoms with van der Waals surface area (Å²) in [6, 6.07) is 4.05. The molecule has 0 radical (unpaired) electrons. The van der Waals surface area contributed by atoms with Gasteiger partial charge in [-0.05, 0) is 6.07 Å². The molecule has 70 valence electrons. The number of nitro groups is 1. The van der Waals surface area contributed by atoms with E-state index < -0.39 is 4.92 Å². The molecule has 0 heterocycles. The van der Waals surface area contributed by atoms with Crippen LogP contribution in [0.3, 0.4) is 0 Å². The molecule has 0 aromatic heterocycles. The Balaban J connectivity index is 3.17. The van der Waals surface area contributed by atoms with Crippen molar-refractivity contribution in [2.45, 2.75) is 6.42 Å². The first kappa shape index (κ1) is 9.47. The first-order valence-electron chi connectivity index (χ1n) is 3.73. The number of phenolic OH excluding ortho intramolecular Hbond substituents is 1. The van der Waals surface area contributed by atoms with E-state index in [0.717, 1.165) is 0 Å². The smallest absolute Gasteiger partial charge is 0.276 e. The fourth-order valence-corrected chi connectivity index (χ4v) is 1.10. The Kier molecular flexibility index (Phi) is 2.81. The van der Waals surface area contributed by atoms with Crippen LogP contribution in [0.15, 0.2) is 18.2 Å². The zero-order chi connectivity index (χ0) is 9.84. The van der Waals surface area contributed by atoms with Crippen molar-refractivity contribution in [3.05, 3.63) is 33.9 Å². The van der Waals surface area contributed by atoms with Crippen LogP contribution in [0.4, 0.5) is 5.69 Å². The summed E-state index contributed by atoms with van der Waals surface area (Å²) in [7, 11) is 0. The first-order valence-corrected chi connectivity index (χ1v) is 3.73. The highest BCUT2D eigenvalue weighted by Crippen LogP contribution is 2.27. The van der Waals surface area contributed by atoms with Crippen molar-refractivity contribution < 1.29 is 15.1 Å². The molecule has 0 unspecified atom stereocenters.